The number of benzene rings is 1. The Hall–Kier alpha value is -1.70. The van der Waals surface area contributed by atoms with E-state index in [2.05, 4.69) is 5.32 Å². The number of ether oxygens (including phenoxy) is 1. The van der Waals surface area contributed by atoms with Crippen LogP contribution in [0.4, 0.5) is 4.39 Å². The first kappa shape index (κ1) is 21.3. The number of amides is 2. The molecule has 0 heterocycles. The molecule has 0 saturated heterocycles. The number of hydrogen-bond donors (Lipinski definition) is 1. The van der Waals surface area contributed by atoms with Gasteiger partial charge in [0.2, 0.25) is 11.8 Å². The summed E-state index contributed by atoms with van der Waals surface area (Å²) in [5, 5.41) is 3.03. The van der Waals surface area contributed by atoms with Crippen LogP contribution in [0.25, 0.3) is 0 Å². The summed E-state index contributed by atoms with van der Waals surface area (Å²) in [4.78, 5) is 27.0. The van der Waals surface area contributed by atoms with Crippen molar-refractivity contribution in [1.82, 2.24) is 15.1 Å². The minimum atomic E-state index is -0.448. The fourth-order valence-corrected chi connectivity index (χ4v) is 2.38. The standard InChI is InChI=1S/C17H25ClFN3O3/c1-21(11-16(23)20-8-5-9-25-3)12-17(24)22(2)10-13-14(18)6-4-7-15(13)19/h4,6-7H,5,8-12H2,1-3H3,(H,20,23). The largest absolute Gasteiger partial charge is 0.385 e. The summed E-state index contributed by atoms with van der Waals surface area (Å²) in [6, 6.07) is 4.40. The predicted molar refractivity (Wildman–Crippen MR) is 94.9 cm³/mol. The molecule has 25 heavy (non-hydrogen) atoms. The number of methoxy groups -OCH3 is 1. The van der Waals surface area contributed by atoms with Crippen molar-refractivity contribution in [3.63, 3.8) is 0 Å². The van der Waals surface area contributed by atoms with Gasteiger partial charge in [-0.2, -0.15) is 0 Å². The number of halogens is 2. The molecule has 0 spiro atoms. The molecule has 0 aliphatic heterocycles. The fraction of sp³-hybridized carbons (Fsp3) is 0.529. The van der Waals surface area contributed by atoms with Crippen LogP contribution >= 0.6 is 11.6 Å². The maximum Gasteiger partial charge on any atom is 0.236 e. The number of carbonyl (C=O) groups is 2. The summed E-state index contributed by atoms with van der Waals surface area (Å²) in [5.41, 5.74) is 0.276. The zero-order valence-corrected chi connectivity index (χ0v) is 15.6. The molecular weight excluding hydrogens is 349 g/mol. The van der Waals surface area contributed by atoms with E-state index in [1.807, 2.05) is 0 Å². The number of carbonyl (C=O) groups excluding carboxylic acids is 2. The predicted octanol–water partition coefficient (Wildman–Crippen LogP) is 1.52. The summed E-state index contributed by atoms with van der Waals surface area (Å²) >= 11 is 5.97. The van der Waals surface area contributed by atoms with E-state index >= 15 is 0 Å². The van der Waals surface area contributed by atoms with E-state index in [1.165, 1.54) is 17.0 Å². The van der Waals surface area contributed by atoms with E-state index in [0.717, 1.165) is 6.42 Å². The van der Waals surface area contributed by atoms with Crippen molar-refractivity contribution in [3.05, 3.63) is 34.6 Å². The van der Waals surface area contributed by atoms with E-state index in [0.29, 0.717) is 13.2 Å². The summed E-state index contributed by atoms with van der Waals surface area (Å²) in [5.74, 6) is -0.837. The van der Waals surface area contributed by atoms with Crippen LogP contribution in [0.2, 0.25) is 5.02 Å². The normalized spacial score (nSPS) is 10.8. The van der Waals surface area contributed by atoms with Crippen LogP contribution in [0.1, 0.15) is 12.0 Å². The summed E-state index contributed by atoms with van der Waals surface area (Å²) in [7, 11) is 4.85. The fourth-order valence-electron chi connectivity index (χ4n) is 2.16. The first-order chi connectivity index (χ1) is 11.8. The molecule has 8 heteroatoms. The highest BCUT2D eigenvalue weighted by Crippen LogP contribution is 2.20. The second-order valence-electron chi connectivity index (χ2n) is 5.82. The van der Waals surface area contributed by atoms with Crippen LogP contribution < -0.4 is 5.32 Å². The smallest absolute Gasteiger partial charge is 0.236 e. The molecule has 0 unspecified atom stereocenters. The lowest BCUT2D eigenvalue weighted by Crippen LogP contribution is -2.41. The van der Waals surface area contributed by atoms with Crippen molar-refractivity contribution in [2.75, 3.05) is 47.4 Å². The Morgan fingerprint density at radius 2 is 2.00 bits per heavy atom. The Morgan fingerprint density at radius 3 is 2.64 bits per heavy atom. The van der Waals surface area contributed by atoms with Crippen LogP contribution in [-0.4, -0.2) is 69.1 Å². The SMILES string of the molecule is COCCCNC(=O)CN(C)CC(=O)N(C)Cc1c(F)cccc1Cl. The number of nitrogens with one attached hydrogen (secondary N) is 1. The van der Waals surface area contributed by atoms with Gasteiger partial charge in [0.05, 0.1) is 13.1 Å². The first-order valence-corrected chi connectivity index (χ1v) is 8.34. The molecule has 6 nitrogen and oxygen atoms in total. The minimum absolute atomic E-state index is 0.0497. The monoisotopic (exact) mass is 373 g/mol. The van der Waals surface area contributed by atoms with Crippen molar-refractivity contribution < 1.29 is 18.7 Å². The van der Waals surface area contributed by atoms with E-state index in [-0.39, 0.29) is 42.0 Å². The van der Waals surface area contributed by atoms with Crippen LogP contribution in [0.15, 0.2) is 18.2 Å². The number of likely N-dealkylation sites (N-methyl/N-ethyl adjacent to an activating group) is 2. The first-order valence-electron chi connectivity index (χ1n) is 7.96. The summed E-state index contributed by atoms with van der Waals surface area (Å²) in [6.45, 7) is 1.33. The summed E-state index contributed by atoms with van der Waals surface area (Å²) in [6.07, 6.45) is 0.733. The van der Waals surface area contributed by atoms with E-state index in [4.69, 9.17) is 16.3 Å². The third kappa shape index (κ3) is 7.81. The highest BCUT2D eigenvalue weighted by molar-refractivity contribution is 6.31. The van der Waals surface area contributed by atoms with Gasteiger partial charge in [0.25, 0.3) is 0 Å². The molecule has 140 valence electrons. The molecule has 1 aromatic rings. The molecule has 1 aromatic carbocycles. The number of rotatable bonds is 10. The topological polar surface area (TPSA) is 61.9 Å². The van der Waals surface area contributed by atoms with Gasteiger partial charge in [-0.3, -0.25) is 14.5 Å². The molecule has 0 atom stereocenters. The number of nitrogens with zero attached hydrogens (tertiary/aromatic N) is 2. The van der Waals surface area contributed by atoms with Crippen molar-refractivity contribution in [3.8, 4) is 0 Å². The molecule has 0 bridgehead atoms. The van der Waals surface area contributed by atoms with E-state index < -0.39 is 5.82 Å². The van der Waals surface area contributed by atoms with Crippen LogP contribution in [0, 0.1) is 5.82 Å². The molecule has 0 aliphatic carbocycles. The molecule has 1 N–H and O–H groups in total. The third-order valence-electron chi connectivity index (χ3n) is 3.55. The van der Waals surface area contributed by atoms with Gasteiger partial charge in [0.15, 0.2) is 0 Å². The Kier molecular flexibility index (Phi) is 9.41. The van der Waals surface area contributed by atoms with Crippen LogP contribution in [-0.2, 0) is 20.9 Å². The van der Waals surface area contributed by atoms with Crippen molar-refractivity contribution in [2.45, 2.75) is 13.0 Å². The van der Waals surface area contributed by atoms with Gasteiger partial charge in [0, 0.05) is 44.4 Å². The van der Waals surface area contributed by atoms with E-state index in [1.54, 1.807) is 32.2 Å². The van der Waals surface area contributed by atoms with Crippen molar-refractivity contribution >= 4 is 23.4 Å². The van der Waals surface area contributed by atoms with Gasteiger partial charge >= 0.3 is 0 Å². The lowest BCUT2D eigenvalue weighted by Gasteiger charge is -2.22. The van der Waals surface area contributed by atoms with Gasteiger partial charge in [-0.1, -0.05) is 17.7 Å². The average molecular weight is 374 g/mol. The Morgan fingerprint density at radius 1 is 1.28 bits per heavy atom. The second-order valence-corrected chi connectivity index (χ2v) is 6.23. The minimum Gasteiger partial charge on any atom is -0.385 e. The second kappa shape index (κ2) is 11.0. The zero-order valence-electron chi connectivity index (χ0n) is 14.8. The molecule has 1 rings (SSSR count). The van der Waals surface area contributed by atoms with Crippen LogP contribution in [0.5, 0.6) is 0 Å². The van der Waals surface area contributed by atoms with Gasteiger partial charge < -0.3 is 15.0 Å². The maximum atomic E-state index is 13.8. The lowest BCUT2D eigenvalue weighted by atomic mass is 10.2. The maximum absolute atomic E-state index is 13.8. The molecule has 0 aromatic heterocycles. The molecule has 2 amide bonds. The highest BCUT2D eigenvalue weighted by atomic mass is 35.5. The average Bonchev–Trinajstić information content (AvgIpc) is 2.54. The molecule has 0 saturated carbocycles. The molecule has 0 radical (unpaired) electrons. The highest BCUT2D eigenvalue weighted by Gasteiger charge is 2.17. The van der Waals surface area contributed by atoms with Gasteiger partial charge in [0.1, 0.15) is 5.82 Å². The van der Waals surface area contributed by atoms with Crippen molar-refractivity contribution in [2.24, 2.45) is 0 Å². The van der Waals surface area contributed by atoms with Crippen molar-refractivity contribution in [1.29, 1.82) is 0 Å². The van der Waals surface area contributed by atoms with Gasteiger partial charge in [-0.05, 0) is 25.6 Å². The molecule has 0 aliphatic rings. The summed E-state index contributed by atoms with van der Waals surface area (Å²) < 4.78 is 18.7. The zero-order chi connectivity index (χ0) is 18.8. The van der Waals surface area contributed by atoms with Gasteiger partial charge in [-0.15, -0.1) is 0 Å². The molecular formula is C17H25ClFN3O3. The molecule has 0 fully saturated rings. The lowest BCUT2D eigenvalue weighted by molar-refractivity contribution is -0.132. The third-order valence-corrected chi connectivity index (χ3v) is 3.90. The number of hydrogen-bond acceptors (Lipinski definition) is 4. The van der Waals surface area contributed by atoms with E-state index in [9.17, 15) is 14.0 Å². The Bertz CT molecular complexity index is 566. The van der Waals surface area contributed by atoms with Crippen LogP contribution in [0.3, 0.4) is 0 Å². The Labute approximate surface area is 152 Å². The van der Waals surface area contributed by atoms with Gasteiger partial charge in [-0.25, -0.2) is 4.39 Å². The quantitative estimate of drug-likeness (QED) is 0.632. The Balaban J connectivity index is 2.42.